The van der Waals surface area contributed by atoms with E-state index in [0.29, 0.717) is 13.0 Å². The largest absolute Gasteiger partial charge is 0.361 e. The van der Waals surface area contributed by atoms with Crippen LogP contribution in [0.15, 0.2) is 73.1 Å². The number of anilines is 2. The van der Waals surface area contributed by atoms with E-state index in [0.717, 1.165) is 36.3 Å². The third-order valence-electron chi connectivity index (χ3n) is 5.43. The number of para-hydroxylation sites is 1. The number of H-pyrrole nitrogens is 1. The van der Waals surface area contributed by atoms with Gasteiger partial charge < -0.3 is 15.6 Å². The highest BCUT2D eigenvalue weighted by molar-refractivity contribution is 5.83. The lowest BCUT2D eigenvalue weighted by molar-refractivity contribution is -0.120. The lowest BCUT2D eigenvalue weighted by Crippen LogP contribution is -2.21. The Morgan fingerprint density at radius 3 is 2.68 bits per heavy atom. The summed E-state index contributed by atoms with van der Waals surface area (Å²) in [6.45, 7) is 2.28. The number of pyridine rings is 1. The first-order chi connectivity index (χ1) is 15.2. The SMILES string of the molecule is CCC(=O)NCc1cc(Nc2ccc(CCCc3c[nH]c4ccccc34)cc2)ccn1. The Labute approximate surface area is 182 Å². The first kappa shape index (κ1) is 20.7. The average Bonchev–Trinajstić information content (AvgIpc) is 3.22. The monoisotopic (exact) mass is 412 g/mol. The van der Waals surface area contributed by atoms with Gasteiger partial charge in [-0.2, -0.15) is 0 Å². The third kappa shape index (κ3) is 5.51. The van der Waals surface area contributed by atoms with E-state index < -0.39 is 0 Å². The van der Waals surface area contributed by atoms with Crippen molar-refractivity contribution in [1.29, 1.82) is 0 Å². The number of rotatable bonds is 9. The topological polar surface area (TPSA) is 69.8 Å². The Kier molecular flexibility index (Phi) is 6.62. The fraction of sp³-hybridized carbons (Fsp3) is 0.231. The second kappa shape index (κ2) is 9.94. The molecule has 1 amide bonds. The highest BCUT2D eigenvalue weighted by Gasteiger charge is 2.04. The number of nitrogens with one attached hydrogen (secondary N) is 3. The van der Waals surface area contributed by atoms with E-state index >= 15 is 0 Å². The Hall–Kier alpha value is -3.60. The fourth-order valence-electron chi connectivity index (χ4n) is 3.71. The first-order valence-electron chi connectivity index (χ1n) is 10.8. The van der Waals surface area contributed by atoms with Gasteiger partial charge in [-0.15, -0.1) is 0 Å². The van der Waals surface area contributed by atoms with Gasteiger partial charge in [0.15, 0.2) is 0 Å². The zero-order valence-corrected chi connectivity index (χ0v) is 17.8. The molecule has 0 saturated heterocycles. The summed E-state index contributed by atoms with van der Waals surface area (Å²) in [5.41, 5.74) is 6.76. The van der Waals surface area contributed by atoms with Crippen molar-refractivity contribution >= 4 is 28.2 Å². The van der Waals surface area contributed by atoms with E-state index in [1.807, 2.05) is 19.1 Å². The number of carbonyl (C=O) groups is 1. The summed E-state index contributed by atoms with van der Waals surface area (Å²) in [6, 6.07) is 20.9. The van der Waals surface area contributed by atoms with Crippen LogP contribution >= 0.6 is 0 Å². The van der Waals surface area contributed by atoms with Gasteiger partial charge in [-0.1, -0.05) is 37.3 Å². The number of fused-ring (bicyclic) bond motifs is 1. The summed E-state index contributed by atoms with van der Waals surface area (Å²) in [5.74, 6) is 0.0282. The molecule has 4 aromatic rings. The summed E-state index contributed by atoms with van der Waals surface area (Å²) in [7, 11) is 0. The molecule has 0 atom stereocenters. The summed E-state index contributed by atoms with van der Waals surface area (Å²) in [6.07, 6.45) is 7.61. The molecule has 4 rings (SSSR count). The number of nitrogens with zero attached hydrogens (tertiary/aromatic N) is 1. The maximum atomic E-state index is 11.4. The molecule has 5 heteroatoms. The minimum absolute atomic E-state index is 0.0282. The highest BCUT2D eigenvalue weighted by atomic mass is 16.1. The summed E-state index contributed by atoms with van der Waals surface area (Å²) in [4.78, 5) is 19.1. The average molecular weight is 413 g/mol. The molecule has 2 heterocycles. The van der Waals surface area contributed by atoms with Crippen LogP contribution in [-0.2, 0) is 24.2 Å². The van der Waals surface area contributed by atoms with Gasteiger partial charge in [-0.25, -0.2) is 0 Å². The van der Waals surface area contributed by atoms with Gasteiger partial charge in [-0.3, -0.25) is 9.78 Å². The lowest BCUT2D eigenvalue weighted by Gasteiger charge is -2.09. The van der Waals surface area contributed by atoms with Crippen molar-refractivity contribution in [3.63, 3.8) is 0 Å². The molecule has 0 fully saturated rings. The van der Waals surface area contributed by atoms with Crippen LogP contribution in [-0.4, -0.2) is 15.9 Å². The van der Waals surface area contributed by atoms with E-state index in [1.54, 1.807) is 6.20 Å². The molecule has 0 spiro atoms. The minimum atomic E-state index is 0.0282. The number of aromatic nitrogens is 2. The van der Waals surface area contributed by atoms with Crippen LogP contribution in [0.2, 0.25) is 0 Å². The van der Waals surface area contributed by atoms with Gasteiger partial charge in [0.25, 0.3) is 0 Å². The van der Waals surface area contributed by atoms with E-state index in [1.165, 1.54) is 22.0 Å². The Morgan fingerprint density at radius 1 is 1.00 bits per heavy atom. The molecule has 3 N–H and O–H groups in total. The van der Waals surface area contributed by atoms with Crippen molar-refractivity contribution < 1.29 is 4.79 Å². The third-order valence-corrected chi connectivity index (χ3v) is 5.43. The van der Waals surface area contributed by atoms with E-state index in [4.69, 9.17) is 0 Å². The molecule has 0 radical (unpaired) electrons. The molecular formula is C26H28N4O. The molecule has 0 bridgehead atoms. The predicted molar refractivity (Wildman–Crippen MR) is 126 cm³/mol. The molecule has 2 aromatic heterocycles. The van der Waals surface area contributed by atoms with E-state index in [-0.39, 0.29) is 5.91 Å². The van der Waals surface area contributed by atoms with Gasteiger partial charge in [0.2, 0.25) is 5.91 Å². The quantitative estimate of drug-likeness (QED) is 0.340. The lowest BCUT2D eigenvalue weighted by atomic mass is 10.0. The van der Waals surface area contributed by atoms with Gasteiger partial charge in [-0.05, 0) is 60.7 Å². The van der Waals surface area contributed by atoms with Crippen molar-refractivity contribution in [2.24, 2.45) is 0 Å². The molecule has 158 valence electrons. The molecule has 0 unspecified atom stereocenters. The summed E-state index contributed by atoms with van der Waals surface area (Å²) >= 11 is 0. The molecule has 0 aliphatic rings. The van der Waals surface area contributed by atoms with Crippen LogP contribution < -0.4 is 10.6 Å². The number of hydrogen-bond acceptors (Lipinski definition) is 3. The first-order valence-corrected chi connectivity index (χ1v) is 10.8. The maximum absolute atomic E-state index is 11.4. The highest BCUT2D eigenvalue weighted by Crippen LogP contribution is 2.21. The molecule has 0 saturated carbocycles. The minimum Gasteiger partial charge on any atom is -0.361 e. The fourth-order valence-corrected chi connectivity index (χ4v) is 3.71. The van der Waals surface area contributed by atoms with Gasteiger partial charge in [0, 0.05) is 41.1 Å². The molecule has 0 aliphatic carbocycles. The molecular weight excluding hydrogens is 384 g/mol. The molecule has 0 aliphatic heterocycles. The predicted octanol–water partition coefficient (Wildman–Crippen LogP) is 5.51. The zero-order chi connectivity index (χ0) is 21.5. The summed E-state index contributed by atoms with van der Waals surface area (Å²) in [5, 5.41) is 7.60. The van der Waals surface area contributed by atoms with E-state index in [9.17, 15) is 4.79 Å². The number of aryl methyl sites for hydroxylation is 2. The van der Waals surface area contributed by atoms with Crippen LogP contribution in [0.25, 0.3) is 10.9 Å². The van der Waals surface area contributed by atoms with Crippen molar-refractivity contribution in [2.75, 3.05) is 5.32 Å². The van der Waals surface area contributed by atoms with Crippen LogP contribution in [0.5, 0.6) is 0 Å². The maximum Gasteiger partial charge on any atom is 0.220 e. The van der Waals surface area contributed by atoms with Crippen molar-refractivity contribution in [2.45, 2.75) is 39.2 Å². The van der Waals surface area contributed by atoms with Crippen LogP contribution in [0, 0.1) is 0 Å². The van der Waals surface area contributed by atoms with Gasteiger partial charge in [0.05, 0.1) is 12.2 Å². The standard InChI is InChI=1S/C26H28N4O/c1-2-26(31)29-18-23-16-22(14-15-27-23)30-21-12-10-19(11-13-21)6-5-7-20-17-28-25-9-4-3-8-24(20)25/h3-4,8-17,28H,2,5-7,18H2,1H3,(H,27,30)(H,29,31). The number of hydrogen-bond donors (Lipinski definition) is 3. The van der Waals surface area contributed by atoms with E-state index in [2.05, 4.69) is 75.3 Å². The Bertz CT molecular complexity index is 1150. The number of benzene rings is 2. The second-order valence-electron chi connectivity index (χ2n) is 7.70. The Balaban J connectivity index is 1.30. The van der Waals surface area contributed by atoms with Crippen molar-refractivity contribution in [3.05, 3.63) is 89.9 Å². The van der Waals surface area contributed by atoms with Crippen molar-refractivity contribution in [3.8, 4) is 0 Å². The summed E-state index contributed by atoms with van der Waals surface area (Å²) < 4.78 is 0. The number of aromatic amines is 1. The molecule has 5 nitrogen and oxygen atoms in total. The zero-order valence-electron chi connectivity index (χ0n) is 17.8. The van der Waals surface area contributed by atoms with Gasteiger partial charge >= 0.3 is 0 Å². The van der Waals surface area contributed by atoms with Crippen LogP contribution in [0.4, 0.5) is 11.4 Å². The molecule has 2 aromatic carbocycles. The number of amides is 1. The Morgan fingerprint density at radius 2 is 1.84 bits per heavy atom. The van der Waals surface area contributed by atoms with Crippen LogP contribution in [0.3, 0.4) is 0 Å². The number of carbonyl (C=O) groups excluding carboxylic acids is 1. The normalized spacial score (nSPS) is 10.9. The second-order valence-corrected chi connectivity index (χ2v) is 7.70. The van der Waals surface area contributed by atoms with Crippen LogP contribution in [0.1, 0.15) is 36.6 Å². The van der Waals surface area contributed by atoms with Gasteiger partial charge in [0.1, 0.15) is 0 Å². The smallest absolute Gasteiger partial charge is 0.220 e. The van der Waals surface area contributed by atoms with Crippen molar-refractivity contribution in [1.82, 2.24) is 15.3 Å². The molecule has 31 heavy (non-hydrogen) atoms.